The number of nitrogens with two attached hydrogens (primary N) is 1. The summed E-state index contributed by atoms with van der Waals surface area (Å²) in [7, 11) is 3.04. The molecule has 1 atom stereocenters. The molecule has 2 aromatic rings. The summed E-state index contributed by atoms with van der Waals surface area (Å²) >= 11 is 3.39. The van der Waals surface area contributed by atoms with Crippen LogP contribution >= 0.6 is 15.9 Å². The van der Waals surface area contributed by atoms with E-state index < -0.39 is 0 Å². The normalized spacial score (nSPS) is 12.0. The fourth-order valence-electron chi connectivity index (χ4n) is 2.19. The summed E-state index contributed by atoms with van der Waals surface area (Å²) < 4.78 is 24.9. The van der Waals surface area contributed by atoms with E-state index in [4.69, 9.17) is 15.2 Å². The van der Waals surface area contributed by atoms with E-state index in [1.807, 2.05) is 24.3 Å². The summed E-state index contributed by atoms with van der Waals surface area (Å²) in [4.78, 5) is 0. The Morgan fingerprint density at radius 3 is 2.43 bits per heavy atom. The van der Waals surface area contributed by atoms with E-state index in [-0.39, 0.29) is 17.6 Å². The summed E-state index contributed by atoms with van der Waals surface area (Å²) in [6.07, 6.45) is 0.513. The molecule has 0 bridgehead atoms. The summed E-state index contributed by atoms with van der Waals surface area (Å²) in [5.41, 5.74) is 7.92. The number of benzene rings is 2. The van der Waals surface area contributed by atoms with Crippen LogP contribution in [-0.4, -0.2) is 14.2 Å². The summed E-state index contributed by atoms with van der Waals surface area (Å²) in [5.74, 6) is 0.560. The van der Waals surface area contributed by atoms with Crippen molar-refractivity contribution in [2.45, 2.75) is 12.5 Å². The molecular weight excluding hydrogens is 337 g/mol. The first kappa shape index (κ1) is 15.8. The molecule has 0 heterocycles. The minimum Gasteiger partial charge on any atom is -0.496 e. The second-order valence-corrected chi connectivity index (χ2v) is 5.58. The van der Waals surface area contributed by atoms with Gasteiger partial charge in [0.2, 0.25) is 0 Å². The van der Waals surface area contributed by atoms with Crippen molar-refractivity contribution in [3.8, 4) is 11.5 Å². The fraction of sp³-hybridized carbons (Fsp3) is 0.250. The Balaban J connectivity index is 2.21. The van der Waals surface area contributed by atoms with Gasteiger partial charge in [0.1, 0.15) is 5.75 Å². The minimum absolute atomic E-state index is 0.230. The van der Waals surface area contributed by atoms with Crippen LogP contribution in [0.4, 0.5) is 4.39 Å². The zero-order valence-corrected chi connectivity index (χ0v) is 13.5. The maximum atomic E-state index is 13.7. The van der Waals surface area contributed by atoms with Gasteiger partial charge in [-0.1, -0.05) is 28.1 Å². The number of hydrogen-bond donors (Lipinski definition) is 1. The summed E-state index contributed by atoms with van der Waals surface area (Å²) in [5, 5.41) is 0. The van der Waals surface area contributed by atoms with E-state index in [2.05, 4.69) is 15.9 Å². The van der Waals surface area contributed by atoms with Gasteiger partial charge in [-0.3, -0.25) is 0 Å². The van der Waals surface area contributed by atoms with Crippen LogP contribution in [0.1, 0.15) is 17.2 Å². The Morgan fingerprint density at radius 2 is 1.81 bits per heavy atom. The van der Waals surface area contributed by atoms with Crippen molar-refractivity contribution >= 4 is 15.9 Å². The highest BCUT2D eigenvalue weighted by atomic mass is 79.9. The molecule has 2 rings (SSSR count). The van der Waals surface area contributed by atoms with E-state index >= 15 is 0 Å². The van der Waals surface area contributed by atoms with Crippen molar-refractivity contribution in [3.05, 3.63) is 57.8 Å². The van der Waals surface area contributed by atoms with Gasteiger partial charge >= 0.3 is 0 Å². The zero-order valence-electron chi connectivity index (χ0n) is 11.9. The van der Waals surface area contributed by atoms with E-state index in [1.165, 1.54) is 13.2 Å². The minimum atomic E-state index is -0.384. The molecule has 0 spiro atoms. The molecule has 0 amide bonds. The average molecular weight is 354 g/mol. The highest BCUT2D eigenvalue weighted by Gasteiger charge is 2.14. The largest absolute Gasteiger partial charge is 0.496 e. The third-order valence-corrected chi connectivity index (χ3v) is 3.76. The van der Waals surface area contributed by atoms with Gasteiger partial charge in [0.25, 0.3) is 0 Å². The number of ether oxygens (including phenoxy) is 2. The van der Waals surface area contributed by atoms with Crippen molar-refractivity contribution in [3.63, 3.8) is 0 Å². The second-order valence-electron chi connectivity index (χ2n) is 4.67. The van der Waals surface area contributed by atoms with Crippen LogP contribution in [0, 0.1) is 5.82 Å². The molecule has 0 saturated heterocycles. The molecule has 3 nitrogen and oxygen atoms in total. The molecule has 2 N–H and O–H groups in total. The number of halogens is 2. The van der Waals surface area contributed by atoms with Gasteiger partial charge in [-0.15, -0.1) is 0 Å². The molecular formula is C16H17BrFNO2. The topological polar surface area (TPSA) is 44.5 Å². The molecule has 0 aliphatic rings. The van der Waals surface area contributed by atoms with Crippen LogP contribution in [-0.2, 0) is 6.42 Å². The molecule has 0 aliphatic heterocycles. The summed E-state index contributed by atoms with van der Waals surface area (Å²) in [6.45, 7) is 0. The van der Waals surface area contributed by atoms with Gasteiger partial charge in [0.15, 0.2) is 11.6 Å². The van der Waals surface area contributed by atoms with Crippen LogP contribution in [0.2, 0.25) is 0 Å². The highest BCUT2D eigenvalue weighted by molar-refractivity contribution is 9.10. The molecule has 0 aromatic heterocycles. The van der Waals surface area contributed by atoms with Crippen molar-refractivity contribution in [1.82, 2.24) is 0 Å². The Morgan fingerprint density at radius 1 is 1.10 bits per heavy atom. The molecule has 0 aliphatic carbocycles. The molecule has 0 saturated carbocycles. The fourth-order valence-corrected chi connectivity index (χ4v) is 2.53. The molecule has 0 radical (unpaired) electrons. The van der Waals surface area contributed by atoms with E-state index in [9.17, 15) is 4.39 Å². The monoisotopic (exact) mass is 353 g/mol. The van der Waals surface area contributed by atoms with Gasteiger partial charge in [0, 0.05) is 16.1 Å². The predicted octanol–water partition coefficient (Wildman–Crippen LogP) is 3.85. The molecule has 5 heteroatoms. The Bertz CT molecular complexity index is 634. The van der Waals surface area contributed by atoms with Crippen LogP contribution in [0.5, 0.6) is 11.5 Å². The maximum Gasteiger partial charge on any atom is 0.165 e. The van der Waals surface area contributed by atoms with Gasteiger partial charge in [-0.05, 0) is 36.2 Å². The molecule has 1 unspecified atom stereocenters. The van der Waals surface area contributed by atoms with Gasteiger partial charge < -0.3 is 15.2 Å². The van der Waals surface area contributed by atoms with Gasteiger partial charge in [0.05, 0.1) is 14.2 Å². The van der Waals surface area contributed by atoms with Crippen molar-refractivity contribution in [2.75, 3.05) is 14.2 Å². The van der Waals surface area contributed by atoms with Crippen LogP contribution in [0.15, 0.2) is 40.9 Å². The lowest BCUT2D eigenvalue weighted by molar-refractivity contribution is 0.386. The number of rotatable bonds is 5. The molecule has 21 heavy (non-hydrogen) atoms. The van der Waals surface area contributed by atoms with Crippen molar-refractivity contribution in [1.29, 1.82) is 0 Å². The standard InChI is InChI=1S/C16H17BrFNO2/c1-20-15-6-3-10(7-13(15)18)8-14(19)12-5-4-11(17)9-16(12)21-2/h3-7,9,14H,8,19H2,1-2H3. The lowest BCUT2D eigenvalue weighted by Crippen LogP contribution is -2.14. The third-order valence-electron chi connectivity index (χ3n) is 3.27. The molecule has 2 aromatic carbocycles. The van der Waals surface area contributed by atoms with Crippen LogP contribution in [0.25, 0.3) is 0 Å². The van der Waals surface area contributed by atoms with E-state index in [0.29, 0.717) is 12.2 Å². The first-order valence-corrected chi connectivity index (χ1v) is 7.26. The third kappa shape index (κ3) is 3.74. The number of methoxy groups -OCH3 is 2. The highest BCUT2D eigenvalue weighted by Crippen LogP contribution is 2.30. The molecule has 0 fully saturated rings. The smallest absolute Gasteiger partial charge is 0.165 e. The van der Waals surface area contributed by atoms with Crippen molar-refractivity contribution < 1.29 is 13.9 Å². The maximum absolute atomic E-state index is 13.7. The quantitative estimate of drug-likeness (QED) is 0.887. The molecule has 112 valence electrons. The van der Waals surface area contributed by atoms with E-state index in [0.717, 1.165) is 15.6 Å². The Kier molecular flexibility index (Phi) is 5.20. The summed E-state index contributed by atoms with van der Waals surface area (Å²) in [6, 6.07) is 10.3. The number of hydrogen-bond acceptors (Lipinski definition) is 3. The lowest BCUT2D eigenvalue weighted by Gasteiger charge is -2.16. The average Bonchev–Trinajstić information content (AvgIpc) is 2.47. The SMILES string of the molecule is COc1ccc(CC(N)c2ccc(Br)cc2OC)cc1F. The predicted molar refractivity (Wildman–Crippen MR) is 84.3 cm³/mol. The van der Waals surface area contributed by atoms with Crippen LogP contribution < -0.4 is 15.2 Å². The van der Waals surface area contributed by atoms with E-state index in [1.54, 1.807) is 13.2 Å². The Labute approximate surface area is 132 Å². The first-order chi connectivity index (χ1) is 10.0. The zero-order chi connectivity index (χ0) is 15.4. The first-order valence-electron chi connectivity index (χ1n) is 6.46. The van der Waals surface area contributed by atoms with Gasteiger partial charge in [-0.2, -0.15) is 0 Å². The van der Waals surface area contributed by atoms with Crippen LogP contribution in [0.3, 0.4) is 0 Å². The second kappa shape index (κ2) is 6.91. The lowest BCUT2D eigenvalue weighted by atomic mass is 9.98. The Hall–Kier alpha value is -1.59. The van der Waals surface area contributed by atoms with Gasteiger partial charge in [-0.25, -0.2) is 4.39 Å². The van der Waals surface area contributed by atoms with Crippen molar-refractivity contribution in [2.24, 2.45) is 5.73 Å².